The molecule has 4 nitrogen and oxygen atoms in total. The van der Waals surface area contributed by atoms with E-state index in [2.05, 4.69) is 30.0 Å². The SMILES string of the molecule is CC(C)n1cc(C(CN)N2CCCSCC2)cn1. The standard InChI is InChI=1S/C13H24N4S/c1-11(2)17-10-12(9-15-17)13(8-14)16-4-3-6-18-7-5-16/h9-11,13H,3-8,14H2,1-2H3. The second-order valence-corrected chi connectivity index (χ2v) is 6.33. The van der Waals surface area contributed by atoms with Crippen molar-refractivity contribution in [3.8, 4) is 0 Å². The Hall–Kier alpha value is -0.520. The van der Waals surface area contributed by atoms with Crippen LogP contribution in [-0.2, 0) is 0 Å². The minimum atomic E-state index is 0.330. The van der Waals surface area contributed by atoms with Gasteiger partial charge in [-0.2, -0.15) is 16.9 Å². The summed E-state index contributed by atoms with van der Waals surface area (Å²) in [4.78, 5) is 2.52. The summed E-state index contributed by atoms with van der Waals surface area (Å²) < 4.78 is 2.02. The second kappa shape index (κ2) is 6.59. The predicted octanol–water partition coefficient (Wildman–Crippen LogP) is 1.90. The van der Waals surface area contributed by atoms with Gasteiger partial charge in [-0.25, -0.2) is 0 Å². The zero-order valence-corrected chi connectivity index (χ0v) is 12.2. The quantitative estimate of drug-likeness (QED) is 0.906. The molecule has 1 fully saturated rings. The summed E-state index contributed by atoms with van der Waals surface area (Å²) in [5.74, 6) is 2.49. The largest absolute Gasteiger partial charge is 0.329 e. The Balaban J connectivity index is 2.10. The normalized spacial score (nSPS) is 20.0. The van der Waals surface area contributed by atoms with Crippen molar-refractivity contribution in [2.45, 2.75) is 32.4 Å². The first-order valence-electron chi connectivity index (χ1n) is 6.78. The van der Waals surface area contributed by atoms with E-state index in [1.807, 2.05) is 22.6 Å². The maximum atomic E-state index is 5.99. The van der Waals surface area contributed by atoms with Crippen LogP contribution >= 0.6 is 11.8 Å². The zero-order valence-electron chi connectivity index (χ0n) is 11.4. The average molecular weight is 268 g/mol. The van der Waals surface area contributed by atoms with Gasteiger partial charge in [0.1, 0.15) is 0 Å². The van der Waals surface area contributed by atoms with Crippen molar-refractivity contribution in [3.63, 3.8) is 0 Å². The lowest BCUT2D eigenvalue weighted by atomic mass is 10.1. The van der Waals surface area contributed by atoms with Crippen LogP contribution in [0.4, 0.5) is 0 Å². The summed E-state index contributed by atoms with van der Waals surface area (Å²) >= 11 is 2.05. The summed E-state index contributed by atoms with van der Waals surface area (Å²) in [5.41, 5.74) is 7.25. The van der Waals surface area contributed by atoms with Crippen LogP contribution in [0.5, 0.6) is 0 Å². The van der Waals surface area contributed by atoms with E-state index in [9.17, 15) is 0 Å². The summed E-state index contributed by atoms with van der Waals surface area (Å²) in [6.07, 6.45) is 5.40. The highest BCUT2D eigenvalue weighted by Gasteiger charge is 2.21. The number of nitrogens with zero attached hydrogens (tertiary/aromatic N) is 3. The molecule has 0 aromatic carbocycles. The van der Waals surface area contributed by atoms with Crippen LogP contribution in [0.3, 0.4) is 0 Å². The predicted molar refractivity (Wildman–Crippen MR) is 77.9 cm³/mol. The van der Waals surface area contributed by atoms with E-state index in [1.54, 1.807) is 0 Å². The first-order chi connectivity index (χ1) is 8.72. The van der Waals surface area contributed by atoms with Crippen LogP contribution in [0.2, 0.25) is 0 Å². The molecular weight excluding hydrogens is 244 g/mol. The van der Waals surface area contributed by atoms with Gasteiger partial charge < -0.3 is 5.73 Å². The molecule has 0 spiro atoms. The molecule has 1 aliphatic rings. The van der Waals surface area contributed by atoms with E-state index >= 15 is 0 Å². The van der Waals surface area contributed by atoms with E-state index < -0.39 is 0 Å². The van der Waals surface area contributed by atoms with Crippen LogP contribution in [-0.4, -0.2) is 45.8 Å². The van der Waals surface area contributed by atoms with E-state index in [1.165, 1.54) is 23.5 Å². The van der Waals surface area contributed by atoms with Gasteiger partial charge in [0.2, 0.25) is 0 Å². The van der Waals surface area contributed by atoms with Gasteiger partial charge in [0.05, 0.1) is 12.2 Å². The maximum absolute atomic E-state index is 5.99. The number of hydrogen-bond acceptors (Lipinski definition) is 4. The minimum absolute atomic E-state index is 0.330. The van der Waals surface area contributed by atoms with E-state index in [0.717, 1.165) is 13.1 Å². The van der Waals surface area contributed by atoms with Crippen molar-refractivity contribution in [3.05, 3.63) is 18.0 Å². The van der Waals surface area contributed by atoms with Crippen LogP contribution in [0.25, 0.3) is 0 Å². The smallest absolute Gasteiger partial charge is 0.0538 e. The second-order valence-electron chi connectivity index (χ2n) is 5.10. The topological polar surface area (TPSA) is 47.1 Å². The molecule has 1 aromatic heterocycles. The van der Waals surface area contributed by atoms with Gasteiger partial charge in [-0.1, -0.05) is 0 Å². The highest BCUT2D eigenvalue weighted by atomic mass is 32.2. The van der Waals surface area contributed by atoms with E-state index in [-0.39, 0.29) is 0 Å². The molecule has 1 aliphatic heterocycles. The van der Waals surface area contributed by atoms with E-state index in [4.69, 9.17) is 5.73 Å². The molecule has 0 bridgehead atoms. The molecule has 0 saturated carbocycles. The number of aromatic nitrogens is 2. The molecule has 0 aliphatic carbocycles. The van der Waals surface area contributed by atoms with Gasteiger partial charge in [-0.15, -0.1) is 0 Å². The third-order valence-corrected chi connectivity index (χ3v) is 4.50. The van der Waals surface area contributed by atoms with Crippen molar-refractivity contribution in [1.82, 2.24) is 14.7 Å². The van der Waals surface area contributed by atoms with Gasteiger partial charge in [0.25, 0.3) is 0 Å². The molecule has 2 heterocycles. The molecule has 1 saturated heterocycles. The minimum Gasteiger partial charge on any atom is -0.329 e. The monoisotopic (exact) mass is 268 g/mol. The lowest BCUT2D eigenvalue weighted by Crippen LogP contribution is -2.35. The van der Waals surface area contributed by atoms with Crippen molar-refractivity contribution < 1.29 is 0 Å². The molecule has 2 rings (SSSR count). The van der Waals surface area contributed by atoms with Gasteiger partial charge in [-0.05, 0) is 32.6 Å². The van der Waals surface area contributed by atoms with Crippen LogP contribution < -0.4 is 5.73 Å². The van der Waals surface area contributed by atoms with Crippen molar-refractivity contribution in [2.75, 3.05) is 31.1 Å². The summed E-state index contributed by atoms with van der Waals surface area (Å²) in [6.45, 7) is 7.27. The maximum Gasteiger partial charge on any atom is 0.0538 e. The number of nitrogens with two attached hydrogens (primary N) is 1. The molecule has 1 atom stereocenters. The average Bonchev–Trinajstić information content (AvgIpc) is 2.68. The molecule has 102 valence electrons. The Kier molecular flexibility index (Phi) is 5.09. The fourth-order valence-corrected chi connectivity index (χ4v) is 3.28. The first-order valence-corrected chi connectivity index (χ1v) is 7.93. The Morgan fingerprint density at radius 2 is 2.22 bits per heavy atom. The fraction of sp³-hybridized carbons (Fsp3) is 0.769. The van der Waals surface area contributed by atoms with Crippen molar-refractivity contribution in [2.24, 2.45) is 5.73 Å². The zero-order chi connectivity index (χ0) is 13.0. The molecular formula is C13H24N4S. The molecule has 18 heavy (non-hydrogen) atoms. The van der Waals surface area contributed by atoms with Crippen LogP contribution in [0.15, 0.2) is 12.4 Å². The number of rotatable bonds is 4. The number of hydrogen-bond donors (Lipinski definition) is 1. The highest BCUT2D eigenvalue weighted by Crippen LogP contribution is 2.23. The van der Waals surface area contributed by atoms with E-state index in [0.29, 0.717) is 18.6 Å². The third kappa shape index (κ3) is 3.28. The summed E-state index contributed by atoms with van der Waals surface area (Å²) in [7, 11) is 0. The van der Waals surface area contributed by atoms with Crippen LogP contribution in [0.1, 0.15) is 37.9 Å². The molecule has 1 unspecified atom stereocenters. The third-order valence-electron chi connectivity index (χ3n) is 3.46. The lowest BCUT2D eigenvalue weighted by molar-refractivity contribution is 0.218. The number of thioether (sulfide) groups is 1. The molecule has 2 N–H and O–H groups in total. The van der Waals surface area contributed by atoms with Gasteiger partial charge >= 0.3 is 0 Å². The lowest BCUT2D eigenvalue weighted by Gasteiger charge is -2.28. The molecule has 1 aromatic rings. The molecule has 0 radical (unpaired) electrons. The Labute approximate surface area is 114 Å². The molecule has 5 heteroatoms. The van der Waals surface area contributed by atoms with Gasteiger partial charge in [0, 0.05) is 36.6 Å². The van der Waals surface area contributed by atoms with Crippen LogP contribution in [0, 0.1) is 0 Å². The Morgan fingerprint density at radius 3 is 2.89 bits per heavy atom. The van der Waals surface area contributed by atoms with Gasteiger partial charge in [0.15, 0.2) is 0 Å². The van der Waals surface area contributed by atoms with Gasteiger partial charge in [-0.3, -0.25) is 9.58 Å². The van der Waals surface area contributed by atoms with Crippen molar-refractivity contribution in [1.29, 1.82) is 0 Å². The summed E-state index contributed by atoms with van der Waals surface area (Å²) in [6, 6.07) is 0.744. The first kappa shape index (κ1) is 13.9. The fourth-order valence-electron chi connectivity index (χ4n) is 2.38. The Bertz CT molecular complexity index is 356. The Morgan fingerprint density at radius 1 is 1.39 bits per heavy atom. The molecule has 0 amide bonds. The van der Waals surface area contributed by atoms with Crippen molar-refractivity contribution >= 4 is 11.8 Å². The highest BCUT2D eigenvalue weighted by molar-refractivity contribution is 7.99. The summed E-state index contributed by atoms with van der Waals surface area (Å²) in [5, 5.41) is 4.43.